The molecular weight excluding hydrogens is 252 g/mol. The van der Waals surface area contributed by atoms with Gasteiger partial charge in [-0.2, -0.15) is 0 Å². The lowest BCUT2D eigenvalue weighted by Crippen LogP contribution is -2.45. The van der Waals surface area contributed by atoms with Gasteiger partial charge in [0.1, 0.15) is 6.04 Å². The number of aliphatic hydroxyl groups excluding tert-OH is 1. The molecule has 0 aliphatic carbocycles. The molecule has 3 amide bonds. The maximum Gasteiger partial charge on any atom is 0.242 e. The first-order valence-electron chi connectivity index (χ1n) is 6.04. The van der Waals surface area contributed by atoms with Gasteiger partial charge in [0, 0.05) is 33.5 Å². The molecule has 6 N–H and O–H groups in total. The second kappa shape index (κ2) is 9.29. The van der Waals surface area contributed by atoms with Crippen molar-refractivity contribution in [1.29, 1.82) is 0 Å². The van der Waals surface area contributed by atoms with Gasteiger partial charge >= 0.3 is 0 Å². The summed E-state index contributed by atoms with van der Waals surface area (Å²) in [5, 5.41) is 16.5. The van der Waals surface area contributed by atoms with Gasteiger partial charge in [0.25, 0.3) is 0 Å². The van der Waals surface area contributed by atoms with E-state index in [1.807, 2.05) is 0 Å². The first kappa shape index (κ1) is 17.3. The van der Waals surface area contributed by atoms with E-state index in [9.17, 15) is 14.4 Å². The molecule has 8 heteroatoms. The summed E-state index contributed by atoms with van der Waals surface area (Å²) in [6, 6.07) is -0.743. The molecular formula is C11H22N4O4. The maximum absolute atomic E-state index is 11.5. The zero-order chi connectivity index (χ0) is 14.8. The number of aliphatic hydroxyl groups is 1. The molecule has 0 bridgehead atoms. The van der Waals surface area contributed by atoms with Crippen molar-refractivity contribution in [2.24, 2.45) is 5.73 Å². The van der Waals surface area contributed by atoms with Crippen LogP contribution >= 0.6 is 0 Å². The van der Waals surface area contributed by atoms with Crippen LogP contribution in [0, 0.1) is 0 Å². The summed E-state index contributed by atoms with van der Waals surface area (Å²) in [6.07, 6.45) is -0.534. The number of carbonyl (C=O) groups excluding carboxylic acids is 3. The molecule has 0 radical (unpaired) electrons. The van der Waals surface area contributed by atoms with Crippen LogP contribution in [0.5, 0.6) is 0 Å². The molecule has 0 aliphatic heterocycles. The molecule has 0 spiro atoms. The number of carbonyl (C=O) groups is 3. The standard InChI is InChI=1S/C11H22N4O4/c1-7(16)15-9(11(19)13-2)3-4-10(18)14-6-8(17)5-12/h8-9,17H,3-6,12H2,1-2H3,(H,13,19)(H,14,18)(H,15,16)/t8?,9-/m0/s1. The van der Waals surface area contributed by atoms with Gasteiger partial charge in [-0.05, 0) is 6.42 Å². The number of rotatable bonds is 8. The molecule has 0 aromatic heterocycles. The Hall–Kier alpha value is -1.67. The van der Waals surface area contributed by atoms with Crippen molar-refractivity contribution in [3.05, 3.63) is 0 Å². The fraction of sp³-hybridized carbons (Fsp3) is 0.727. The second-order valence-electron chi connectivity index (χ2n) is 4.10. The van der Waals surface area contributed by atoms with Gasteiger partial charge in [0.15, 0.2) is 0 Å². The summed E-state index contributed by atoms with van der Waals surface area (Å²) < 4.78 is 0. The molecule has 0 aromatic carbocycles. The molecule has 0 saturated heterocycles. The van der Waals surface area contributed by atoms with E-state index in [0.29, 0.717) is 0 Å². The Morgan fingerprint density at radius 1 is 1.32 bits per heavy atom. The number of hydrogen-bond donors (Lipinski definition) is 5. The first-order valence-corrected chi connectivity index (χ1v) is 6.04. The third-order valence-corrected chi connectivity index (χ3v) is 2.41. The highest BCUT2D eigenvalue weighted by atomic mass is 16.3. The largest absolute Gasteiger partial charge is 0.390 e. The van der Waals surface area contributed by atoms with Crippen LogP contribution in [0.15, 0.2) is 0 Å². The van der Waals surface area contributed by atoms with E-state index < -0.39 is 12.1 Å². The Morgan fingerprint density at radius 3 is 2.42 bits per heavy atom. The van der Waals surface area contributed by atoms with Crippen LogP contribution in [0.4, 0.5) is 0 Å². The van der Waals surface area contributed by atoms with Crippen molar-refractivity contribution in [3.63, 3.8) is 0 Å². The molecule has 1 unspecified atom stereocenters. The normalized spacial score (nSPS) is 13.3. The van der Waals surface area contributed by atoms with Gasteiger partial charge in [-0.3, -0.25) is 14.4 Å². The molecule has 19 heavy (non-hydrogen) atoms. The number of hydrogen-bond acceptors (Lipinski definition) is 5. The molecule has 110 valence electrons. The lowest BCUT2D eigenvalue weighted by atomic mass is 10.1. The summed E-state index contributed by atoms with van der Waals surface area (Å²) in [4.78, 5) is 33.8. The second-order valence-corrected chi connectivity index (χ2v) is 4.10. The lowest BCUT2D eigenvalue weighted by Gasteiger charge is -2.16. The van der Waals surface area contributed by atoms with E-state index in [1.54, 1.807) is 0 Å². The van der Waals surface area contributed by atoms with Gasteiger partial charge in [0.2, 0.25) is 17.7 Å². The molecule has 0 rings (SSSR count). The van der Waals surface area contributed by atoms with Gasteiger partial charge in [-0.15, -0.1) is 0 Å². The van der Waals surface area contributed by atoms with Crippen LogP contribution in [0.2, 0.25) is 0 Å². The number of nitrogens with one attached hydrogen (secondary N) is 3. The van der Waals surface area contributed by atoms with Crippen LogP contribution in [0.25, 0.3) is 0 Å². The Kier molecular flexibility index (Phi) is 8.47. The Morgan fingerprint density at radius 2 is 1.95 bits per heavy atom. The Balaban J connectivity index is 4.13. The van der Waals surface area contributed by atoms with E-state index in [4.69, 9.17) is 10.8 Å². The highest BCUT2D eigenvalue weighted by Crippen LogP contribution is 1.98. The van der Waals surface area contributed by atoms with Crippen LogP contribution in [0.3, 0.4) is 0 Å². The predicted molar refractivity (Wildman–Crippen MR) is 69.0 cm³/mol. The van der Waals surface area contributed by atoms with Crippen LogP contribution < -0.4 is 21.7 Å². The van der Waals surface area contributed by atoms with E-state index in [2.05, 4.69) is 16.0 Å². The van der Waals surface area contributed by atoms with Crippen molar-refractivity contribution in [2.45, 2.75) is 31.9 Å². The molecule has 2 atom stereocenters. The molecule has 0 aliphatic rings. The third kappa shape index (κ3) is 8.11. The van der Waals surface area contributed by atoms with E-state index in [1.165, 1.54) is 14.0 Å². The van der Waals surface area contributed by atoms with Crippen molar-refractivity contribution < 1.29 is 19.5 Å². The van der Waals surface area contributed by atoms with E-state index in [-0.39, 0.29) is 43.7 Å². The smallest absolute Gasteiger partial charge is 0.242 e. The monoisotopic (exact) mass is 274 g/mol. The average molecular weight is 274 g/mol. The van der Waals surface area contributed by atoms with E-state index >= 15 is 0 Å². The summed E-state index contributed by atoms with van der Waals surface area (Å²) >= 11 is 0. The highest BCUT2D eigenvalue weighted by molar-refractivity contribution is 5.87. The molecule has 0 saturated carbocycles. The van der Waals surface area contributed by atoms with Crippen molar-refractivity contribution in [2.75, 3.05) is 20.1 Å². The SMILES string of the molecule is CNC(=O)[C@H](CCC(=O)NCC(O)CN)NC(C)=O. The minimum absolute atomic E-state index is 0.0625. The van der Waals surface area contributed by atoms with Gasteiger partial charge in [0.05, 0.1) is 6.10 Å². The zero-order valence-electron chi connectivity index (χ0n) is 11.2. The molecule has 0 fully saturated rings. The highest BCUT2D eigenvalue weighted by Gasteiger charge is 2.19. The average Bonchev–Trinajstić information content (AvgIpc) is 2.39. The lowest BCUT2D eigenvalue weighted by molar-refractivity contribution is -0.128. The fourth-order valence-electron chi connectivity index (χ4n) is 1.37. The van der Waals surface area contributed by atoms with Crippen molar-refractivity contribution in [1.82, 2.24) is 16.0 Å². The topological polar surface area (TPSA) is 134 Å². The van der Waals surface area contributed by atoms with Crippen molar-refractivity contribution >= 4 is 17.7 Å². The third-order valence-electron chi connectivity index (χ3n) is 2.41. The molecule has 8 nitrogen and oxygen atoms in total. The minimum Gasteiger partial charge on any atom is -0.390 e. The summed E-state index contributed by atoms with van der Waals surface area (Å²) in [5.41, 5.74) is 5.19. The molecule has 0 heterocycles. The van der Waals surface area contributed by atoms with Crippen LogP contribution in [-0.2, 0) is 14.4 Å². The molecule has 0 aromatic rings. The minimum atomic E-state index is -0.783. The number of likely N-dealkylation sites (N-methyl/N-ethyl adjacent to an activating group) is 1. The first-order chi connectivity index (χ1) is 8.90. The zero-order valence-corrected chi connectivity index (χ0v) is 11.2. The number of nitrogens with two attached hydrogens (primary N) is 1. The van der Waals surface area contributed by atoms with Crippen LogP contribution in [0.1, 0.15) is 19.8 Å². The maximum atomic E-state index is 11.5. The van der Waals surface area contributed by atoms with Crippen LogP contribution in [-0.4, -0.2) is 55.1 Å². The fourth-order valence-corrected chi connectivity index (χ4v) is 1.37. The summed E-state index contributed by atoms with van der Waals surface area (Å²) in [6.45, 7) is 1.43. The Labute approximate surface area is 112 Å². The summed E-state index contributed by atoms with van der Waals surface area (Å²) in [7, 11) is 1.45. The van der Waals surface area contributed by atoms with Crippen molar-refractivity contribution in [3.8, 4) is 0 Å². The van der Waals surface area contributed by atoms with Gasteiger partial charge in [-0.1, -0.05) is 0 Å². The number of amides is 3. The van der Waals surface area contributed by atoms with Gasteiger partial charge in [-0.25, -0.2) is 0 Å². The quantitative estimate of drug-likeness (QED) is 0.332. The summed E-state index contributed by atoms with van der Waals surface area (Å²) in [5.74, 6) is -1.01. The van der Waals surface area contributed by atoms with E-state index in [0.717, 1.165) is 0 Å². The van der Waals surface area contributed by atoms with Gasteiger partial charge < -0.3 is 26.8 Å². The Bertz CT molecular complexity index is 322. The predicted octanol–water partition coefficient (Wildman–Crippen LogP) is -2.55.